The predicted octanol–water partition coefficient (Wildman–Crippen LogP) is 2.36. The Kier molecular flexibility index (Phi) is 3.32. The highest BCUT2D eigenvalue weighted by atomic mass is 35.5. The molecule has 0 aromatic carbocycles. The summed E-state index contributed by atoms with van der Waals surface area (Å²) in [5.74, 6) is 0.673. The zero-order valence-electron chi connectivity index (χ0n) is 9.12. The lowest BCUT2D eigenvalue weighted by Gasteiger charge is -2.15. The minimum absolute atomic E-state index is 0.399. The fourth-order valence-corrected chi connectivity index (χ4v) is 2.50. The lowest BCUT2D eigenvalue weighted by atomic mass is 10.0. The van der Waals surface area contributed by atoms with Crippen LogP contribution in [0.5, 0.6) is 0 Å². The van der Waals surface area contributed by atoms with E-state index in [1.807, 2.05) is 11.6 Å². The zero-order chi connectivity index (χ0) is 10.8. The minimum Gasteiger partial charge on any atom is -0.327 e. The molecule has 1 heterocycles. The van der Waals surface area contributed by atoms with Crippen LogP contribution < -0.4 is 5.73 Å². The van der Waals surface area contributed by atoms with Crippen LogP contribution in [0.25, 0.3) is 0 Å². The van der Waals surface area contributed by atoms with Crippen LogP contribution in [0.1, 0.15) is 31.4 Å². The van der Waals surface area contributed by atoms with Gasteiger partial charge in [-0.15, -0.1) is 0 Å². The monoisotopic (exact) mass is 227 g/mol. The van der Waals surface area contributed by atoms with E-state index in [4.69, 9.17) is 17.3 Å². The number of hydrogen-bond donors (Lipinski definition) is 1. The molecular formula is C11H18ClN3. The zero-order valence-corrected chi connectivity index (χ0v) is 9.87. The standard InChI is InChI=1S/C11H18ClN3/c1-8-10(12)7-14-15(8)6-5-9-3-2-4-11(9)13/h7,9,11H,2-6,13H2,1H3. The van der Waals surface area contributed by atoms with Crippen molar-refractivity contribution in [1.82, 2.24) is 9.78 Å². The Hall–Kier alpha value is -0.540. The van der Waals surface area contributed by atoms with Gasteiger partial charge in [-0.1, -0.05) is 18.0 Å². The minimum atomic E-state index is 0.399. The Morgan fingerprint density at radius 1 is 1.60 bits per heavy atom. The van der Waals surface area contributed by atoms with E-state index in [1.165, 1.54) is 19.3 Å². The van der Waals surface area contributed by atoms with Gasteiger partial charge in [0.2, 0.25) is 0 Å². The topological polar surface area (TPSA) is 43.8 Å². The average molecular weight is 228 g/mol. The maximum Gasteiger partial charge on any atom is 0.0814 e. The van der Waals surface area contributed by atoms with Crippen LogP contribution in [-0.4, -0.2) is 15.8 Å². The first-order valence-electron chi connectivity index (χ1n) is 5.62. The number of aryl methyl sites for hydroxylation is 1. The molecule has 1 aromatic heterocycles. The normalized spacial score (nSPS) is 26.1. The smallest absolute Gasteiger partial charge is 0.0814 e. The van der Waals surface area contributed by atoms with Gasteiger partial charge in [0.05, 0.1) is 16.9 Å². The summed E-state index contributed by atoms with van der Waals surface area (Å²) in [6.07, 6.45) is 6.58. The molecule has 15 heavy (non-hydrogen) atoms. The van der Waals surface area contributed by atoms with E-state index in [0.29, 0.717) is 12.0 Å². The third-order valence-corrected chi connectivity index (χ3v) is 3.84. The maximum absolute atomic E-state index is 6.03. The van der Waals surface area contributed by atoms with Crippen LogP contribution >= 0.6 is 11.6 Å². The average Bonchev–Trinajstić information content (AvgIpc) is 2.74. The van der Waals surface area contributed by atoms with Crippen molar-refractivity contribution < 1.29 is 0 Å². The quantitative estimate of drug-likeness (QED) is 0.862. The first-order chi connectivity index (χ1) is 7.18. The van der Waals surface area contributed by atoms with Crippen molar-refractivity contribution in [1.29, 1.82) is 0 Å². The summed E-state index contributed by atoms with van der Waals surface area (Å²) in [6.45, 7) is 2.95. The summed E-state index contributed by atoms with van der Waals surface area (Å²) in [5.41, 5.74) is 7.09. The Morgan fingerprint density at radius 3 is 2.93 bits per heavy atom. The van der Waals surface area contributed by atoms with Crippen LogP contribution in [0.4, 0.5) is 0 Å². The van der Waals surface area contributed by atoms with Gasteiger partial charge in [-0.2, -0.15) is 5.10 Å². The second-order valence-corrected chi connectivity index (χ2v) is 4.85. The van der Waals surface area contributed by atoms with E-state index in [9.17, 15) is 0 Å². The van der Waals surface area contributed by atoms with Crippen molar-refractivity contribution in [3.63, 3.8) is 0 Å². The van der Waals surface area contributed by atoms with E-state index in [2.05, 4.69) is 5.10 Å². The molecule has 0 spiro atoms. The van der Waals surface area contributed by atoms with Gasteiger partial charge in [-0.25, -0.2) is 0 Å². The fourth-order valence-electron chi connectivity index (χ4n) is 2.36. The van der Waals surface area contributed by atoms with Crippen LogP contribution in [0.2, 0.25) is 5.02 Å². The second kappa shape index (κ2) is 4.54. The highest BCUT2D eigenvalue weighted by molar-refractivity contribution is 6.31. The third-order valence-electron chi connectivity index (χ3n) is 3.47. The van der Waals surface area contributed by atoms with Crippen molar-refractivity contribution in [2.24, 2.45) is 11.7 Å². The first-order valence-corrected chi connectivity index (χ1v) is 6.00. The number of aromatic nitrogens is 2. The van der Waals surface area contributed by atoms with Gasteiger partial charge in [0, 0.05) is 12.6 Å². The van der Waals surface area contributed by atoms with Crippen molar-refractivity contribution in [3.8, 4) is 0 Å². The van der Waals surface area contributed by atoms with Crippen molar-refractivity contribution >= 4 is 11.6 Å². The molecular weight excluding hydrogens is 210 g/mol. The fraction of sp³-hybridized carbons (Fsp3) is 0.727. The van der Waals surface area contributed by atoms with Crippen LogP contribution in [0, 0.1) is 12.8 Å². The van der Waals surface area contributed by atoms with Crippen molar-refractivity contribution in [2.75, 3.05) is 0 Å². The van der Waals surface area contributed by atoms with Gasteiger partial charge in [0.25, 0.3) is 0 Å². The predicted molar refractivity (Wildman–Crippen MR) is 61.9 cm³/mol. The highest BCUT2D eigenvalue weighted by Crippen LogP contribution is 2.27. The van der Waals surface area contributed by atoms with E-state index in [1.54, 1.807) is 6.20 Å². The van der Waals surface area contributed by atoms with E-state index >= 15 is 0 Å². The van der Waals surface area contributed by atoms with Gasteiger partial charge < -0.3 is 5.73 Å². The molecule has 1 aliphatic carbocycles. The number of halogens is 1. The van der Waals surface area contributed by atoms with Gasteiger partial charge in [0.1, 0.15) is 0 Å². The van der Waals surface area contributed by atoms with E-state index in [0.717, 1.165) is 23.7 Å². The molecule has 4 heteroatoms. The van der Waals surface area contributed by atoms with Crippen molar-refractivity contribution in [3.05, 3.63) is 16.9 Å². The largest absolute Gasteiger partial charge is 0.327 e. The molecule has 2 unspecified atom stereocenters. The molecule has 0 radical (unpaired) electrons. The lowest BCUT2D eigenvalue weighted by molar-refractivity contribution is 0.400. The highest BCUT2D eigenvalue weighted by Gasteiger charge is 2.23. The molecule has 1 aliphatic rings. The molecule has 84 valence electrons. The van der Waals surface area contributed by atoms with Gasteiger partial charge in [0.15, 0.2) is 0 Å². The van der Waals surface area contributed by atoms with Crippen LogP contribution in [0.15, 0.2) is 6.20 Å². The summed E-state index contributed by atoms with van der Waals surface area (Å²) >= 11 is 5.95. The molecule has 1 aromatic rings. The number of nitrogens with zero attached hydrogens (tertiary/aromatic N) is 2. The second-order valence-electron chi connectivity index (χ2n) is 4.44. The molecule has 1 saturated carbocycles. The van der Waals surface area contributed by atoms with E-state index < -0.39 is 0 Å². The lowest BCUT2D eigenvalue weighted by Crippen LogP contribution is -2.25. The van der Waals surface area contributed by atoms with Gasteiger partial charge >= 0.3 is 0 Å². The molecule has 0 amide bonds. The van der Waals surface area contributed by atoms with Crippen LogP contribution in [0.3, 0.4) is 0 Å². The number of rotatable bonds is 3. The molecule has 0 aliphatic heterocycles. The summed E-state index contributed by atoms with van der Waals surface area (Å²) < 4.78 is 1.98. The Labute approximate surface area is 95.6 Å². The molecule has 2 N–H and O–H groups in total. The molecule has 2 atom stereocenters. The molecule has 1 fully saturated rings. The first kappa shape index (κ1) is 11.0. The molecule has 0 bridgehead atoms. The van der Waals surface area contributed by atoms with Gasteiger partial charge in [-0.3, -0.25) is 4.68 Å². The van der Waals surface area contributed by atoms with Crippen molar-refractivity contribution in [2.45, 2.75) is 45.2 Å². The Morgan fingerprint density at radius 2 is 2.40 bits per heavy atom. The Balaban J connectivity index is 1.90. The summed E-state index contributed by atoms with van der Waals surface area (Å²) in [4.78, 5) is 0. The van der Waals surface area contributed by atoms with Crippen LogP contribution in [-0.2, 0) is 6.54 Å². The summed E-state index contributed by atoms with van der Waals surface area (Å²) in [7, 11) is 0. The summed E-state index contributed by atoms with van der Waals surface area (Å²) in [5, 5.41) is 5.00. The molecule has 2 rings (SSSR count). The van der Waals surface area contributed by atoms with E-state index in [-0.39, 0.29) is 0 Å². The third kappa shape index (κ3) is 2.34. The maximum atomic E-state index is 6.03. The molecule has 0 saturated heterocycles. The number of hydrogen-bond acceptors (Lipinski definition) is 2. The number of nitrogens with two attached hydrogens (primary N) is 1. The SMILES string of the molecule is Cc1c(Cl)cnn1CCC1CCCC1N. The Bertz CT molecular complexity index is 335. The molecule has 3 nitrogen and oxygen atoms in total. The van der Waals surface area contributed by atoms with Gasteiger partial charge in [-0.05, 0) is 32.1 Å². The summed E-state index contributed by atoms with van der Waals surface area (Å²) in [6, 6.07) is 0.399.